The summed E-state index contributed by atoms with van der Waals surface area (Å²) in [5.41, 5.74) is 1.30. The zero-order chi connectivity index (χ0) is 22.2. The van der Waals surface area contributed by atoms with Crippen molar-refractivity contribution in [3.63, 3.8) is 0 Å². The number of carbonyl (C=O) groups is 1. The van der Waals surface area contributed by atoms with Crippen molar-refractivity contribution in [2.24, 2.45) is 5.41 Å². The summed E-state index contributed by atoms with van der Waals surface area (Å²) in [6, 6.07) is 1.54. The lowest BCUT2D eigenvalue weighted by molar-refractivity contribution is 0.0518. The number of likely N-dealkylation sites (tertiary alicyclic amines) is 1. The van der Waals surface area contributed by atoms with E-state index in [2.05, 4.69) is 41.0 Å². The van der Waals surface area contributed by atoms with Crippen LogP contribution in [0, 0.1) is 5.41 Å². The highest BCUT2D eigenvalue weighted by Gasteiger charge is 2.41. The smallest absolute Gasteiger partial charge is 0.407 e. The Morgan fingerprint density at radius 1 is 1.26 bits per heavy atom. The lowest BCUT2D eigenvalue weighted by Gasteiger charge is -2.47. The van der Waals surface area contributed by atoms with E-state index >= 15 is 0 Å². The number of nitrogens with one attached hydrogen (secondary N) is 1. The second kappa shape index (κ2) is 8.01. The van der Waals surface area contributed by atoms with Gasteiger partial charge in [0.15, 0.2) is 5.82 Å². The van der Waals surface area contributed by atoms with Crippen molar-refractivity contribution in [2.45, 2.75) is 45.7 Å². The van der Waals surface area contributed by atoms with Crippen LogP contribution < -0.4 is 10.1 Å². The average molecular weight is 425 g/mol. The number of fused-ring (bicyclic) bond motifs is 1. The monoisotopic (exact) mass is 425 g/mol. The number of piperidine rings is 1. The third kappa shape index (κ3) is 4.10. The second-order valence-electron chi connectivity index (χ2n) is 8.77. The standard InChI is InChI=1S/C21H27N7O3/c1-21(2,3)19-13(6-5-7-27(19)20(29)30)25-16-10-22-11-17(26-16)28-12-24-14-9-23-18(31-4)8-15(14)28/h8-13,19H,5-7H2,1-4H3,(H,25,26)(H,29,30)/t13-,19?/m1/s1. The first kappa shape index (κ1) is 20.8. The fourth-order valence-electron chi connectivity index (χ4n) is 4.35. The Kier molecular flexibility index (Phi) is 5.38. The van der Waals surface area contributed by atoms with E-state index in [9.17, 15) is 9.90 Å². The van der Waals surface area contributed by atoms with Gasteiger partial charge in [0.1, 0.15) is 17.7 Å². The molecule has 0 bridgehead atoms. The summed E-state index contributed by atoms with van der Waals surface area (Å²) in [5, 5.41) is 13.2. The molecule has 4 rings (SSSR count). The first-order valence-corrected chi connectivity index (χ1v) is 10.2. The number of aromatic nitrogens is 5. The van der Waals surface area contributed by atoms with Crippen molar-refractivity contribution < 1.29 is 14.6 Å². The number of pyridine rings is 1. The molecule has 10 nitrogen and oxygen atoms in total. The fourth-order valence-corrected chi connectivity index (χ4v) is 4.35. The highest BCUT2D eigenvalue weighted by Crippen LogP contribution is 2.33. The molecule has 3 aromatic heterocycles. The van der Waals surface area contributed by atoms with E-state index in [0.717, 1.165) is 23.9 Å². The van der Waals surface area contributed by atoms with Gasteiger partial charge in [0.2, 0.25) is 5.88 Å². The molecular weight excluding hydrogens is 398 g/mol. The summed E-state index contributed by atoms with van der Waals surface area (Å²) in [5.74, 6) is 1.67. The summed E-state index contributed by atoms with van der Waals surface area (Å²) >= 11 is 0. The number of imidazole rings is 1. The topological polar surface area (TPSA) is 118 Å². The molecule has 10 heteroatoms. The van der Waals surface area contributed by atoms with Crippen molar-refractivity contribution in [3.8, 4) is 11.7 Å². The normalized spacial score (nSPS) is 19.4. The number of rotatable bonds is 4. The van der Waals surface area contributed by atoms with Gasteiger partial charge in [-0.1, -0.05) is 20.8 Å². The number of amides is 1. The molecule has 4 heterocycles. The minimum atomic E-state index is -0.890. The van der Waals surface area contributed by atoms with Crippen LogP contribution in [-0.4, -0.2) is 66.3 Å². The number of hydrogen-bond donors (Lipinski definition) is 2. The zero-order valence-corrected chi connectivity index (χ0v) is 18.1. The van der Waals surface area contributed by atoms with Crippen molar-refractivity contribution in [1.82, 2.24) is 29.4 Å². The van der Waals surface area contributed by atoms with Gasteiger partial charge in [-0.15, -0.1) is 0 Å². The van der Waals surface area contributed by atoms with Gasteiger partial charge in [-0.3, -0.25) is 9.55 Å². The van der Waals surface area contributed by atoms with Crippen molar-refractivity contribution >= 4 is 22.9 Å². The fraction of sp³-hybridized carbons (Fsp3) is 0.476. The average Bonchev–Trinajstić information content (AvgIpc) is 3.16. The Morgan fingerprint density at radius 3 is 2.77 bits per heavy atom. The number of methoxy groups -OCH3 is 1. The predicted molar refractivity (Wildman–Crippen MR) is 116 cm³/mol. The van der Waals surface area contributed by atoms with Gasteiger partial charge in [0, 0.05) is 18.7 Å². The van der Waals surface area contributed by atoms with Crippen molar-refractivity contribution in [3.05, 3.63) is 31.0 Å². The maximum absolute atomic E-state index is 11.8. The van der Waals surface area contributed by atoms with E-state index < -0.39 is 6.09 Å². The Hall–Kier alpha value is -3.43. The van der Waals surface area contributed by atoms with Gasteiger partial charge in [-0.05, 0) is 18.3 Å². The molecule has 0 spiro atoms. The molecule has 3 aromatic rings. The molecule has 2 atom stereocenters. The third-order valence-electron chi connectivity index (χ3n) is 5.58. The number of hydrogen-bond acceptors (Lipinski definition) is 7. The summed E-state index contributed by atoms with van der Waals surface area (Å²) in [7, 11) is 1.56. The Morgan fingerprint density at radius 2 is 2.06 bits per heavy atom. The quantitative estimate of drug-likeness (QED) is 0.654. The van der Waals surface area contributed by atoms with E-state index in [0.29, 0.717) is 24.1 Å². The first-order valence-electron chi connectivity index (χ1n) is 10.2. The maximum Gasteiger partial charge on any atom is 0.407 e. The van der Waals surface area contributed by atoms with Gasteiger partial charge in [-0.2, -0.15) is 0 Å². The molecular formula is C21H27N7O3. The summed E-state index contributed by atoms with van der Waals surface area (Å²) in [6.07, 6.45) is 7.39. The van der Waals surface area contributed by atoms with Crippen LogP contribution in [0.2, 0.25) is 0 Å². The molecule has 2 N–H and O–H groups in total. The molecule has 0 aliphatic carbocycles. The molecule has 1 fully saturated rings. The molecule has 1 saturated heterocycles. The number of ether oxygens (including phenoxy) is 1. The third-order valence-corrected chi connectivity index (χ3v) is 5.58. The molecule has 1 unspecified atom stereocenters. The Balaban J connectivity index is 1.65. The van der Waals surface area contributed by atoms with Gasteiger partial charge in [0.25, 0.3) is 0 Å². The van der Waals surface area contributed by atoms with Crippen LogP contribution in [0.15, 0.2) is 31.0 Å². The van der Waals surface area contributed by atoms with Crippen LogP contribution in [-0.2, 0) is 0 Å². The highest BCUT2D eigenvalue weighted by molar-refractivity contribution is 5.77. The molecule has 0 saturated carbocycles. The molecule has 1 aliphatic heterocycles. The molecule has 164 valence electrons. The maximum atomic E-state index is 11.8. The molecule has 1 aliphatic rings. The molecule has 0 radical (unpaired) electrons. The number of nitrogens with zero attached hydrogens (tertiary/aromatic N) is 6. The van der Waals surface area contributed by atoms with Crippen LogP contribution in [0.5, 0.6) is 5.88 Å². The van der Waals surface area contributed by atoms with Gasteiger partial charge >= 0.3 is 6.09 Å². The van der Waals surface area contributed by atoms with Gasteiger partial charge in [-0.25, -0.2) is 19.7 Å². The van der Waals surface area contributed by atoms with Crippen LogP contribution in [0.25, 0.3) is 16.9 Å². The van der Waals surface area contributed by atoms with Crippen LogP contribution in [0.4, 0.5) is 10.6 Å². The van der Waals surface area contributed by atoms with Crippen molar-refractivity contribution in [1.29, 1.82) is 0 Å². The van der Waals surface area contributed by atoms with E-state index in [4.69, 9.17) is 9.72 Å². The second-order valence-corrected chi connectivity index (χ2v) is 8.77. The highest BCUT2D eigenvalue weighted by atomic mass is 16.5. The van der Waals surface area contributed by atoms with E-state index in [1.807, 2.05) is 4.57 Å². The van der Waals surface area contributed by atoms with Crippen LogP contribution >= 0.6 is 0 Å². The van der Waals surface area contributed by atoms with E-state index in [1.165, 1.54) is 0 Å². The van der Waals surface area contributed by atoms with E-state index in [-0.39, 0.29) is 17.5 Å². The SMILES string of the molecule is COc1cc2c(cn1)ncn2-c1cncc(N[C@@H]2CCCN(C(=O)O)C2C(C)(C)C)n1. The number of carboxylic acid groups (broad SMARTS) is 1. The summed E-state index contributed by atoms with van der Waals surface area (Å²) in [4.78, 5) is 31.0. The van der Waals surface area contributed by atoms with Gasteiger partial charge < -0.3 is 20.1 Å². The Bertz CT molecular complexity index is 1090. The Labute approximate surface area is 180 Å². The number of anilines is 1. The molecule has 31 heavy (non-hydrogen) atoms. The minimum Gasteiger partial charge on any atom is -0.481 e. The first-order chi connectivity index (χ1) is 14.8. The van der Waals surface area contributed by atoms with E-state index in [1.54, 1.807) is 43.0 Å². The summed E-state index contributed by atoms with van der Waals surface area (Å²) < 4.78 is 7.05. The van der Waals surface area contributed by atoms with Crippen molar-refractivity contribution in [2.75, 3.05) is 19.0 Å². The predicted octanol–water partition coefficient (Wildman–Crippen LogP) is 3.19. The molecule has 0 aromatic carbocycles. The lowest BCUT2D eigenvalue weighted by atomic mass is 9.77. The van der Waals surface area contributed by atoms with Crippen LogP contribution in [0.3, 0.4) is 0 Å². The largest absolute Gasteiger partial charge is 0.481 e. The lowest BCUT2D eigenvalue weighted by Crippen LogP contribution is -2.58. The molecule has 1 amide bonds. The van der Waals surface area contributed by atoms with Gasteiger partial charge in [0.05, 0.1) is 37.3 Å². The van der Waals surface area contributed by atoms with Crippen LogP contribution in [0.1, 0.15) is 33.6 Å². The zero-order valence-electron chi connectivity index (χ0n) is 18.1. The minimum absolute atomic E-state index is 0.0711. The summed E-state index contributed by atoms with van der Waals surface area (Å²) in [6.45, 7) is 6.73.